The van der Waals surface area contributed by atoms with E-state index in [1.165, 1.54) is 6.20 Å². The van der Waals surface area contributed by atoms with Gasteiger partial charge >= 0.3 is 0 Å². The monoisotopic (exact) mass is 217 g/mol. The molecule has 0 aliphatic carbocycles. The summed E-state index contributed by atoms with van der Waals surface area (Å²) in [6.07, 6.45) is 4.80. The molecule has 0 saturated heterocycles. The molecular formula is C11H11N3O2. The number of oxazole rings is 1. The summed E-state index contributed by atoms with van der Waals surface area (Å²) >= 11 is 0. The van der Waals surface area contributed by atoms with Gasteiger partial charge in [-0.3, -0.25) is 9.78 Å². The van der Waals surface area contributed by atoms with Crippen LogP contribution in [0.3, 0.4) is 0 Å². The van der Waals surface area contributed by atoms with Gasteiger partial charge in [0, 0.05) is 25.9 Å². The van der Waals surface area contributed by atoms with Gasteiger partial charge in [-0.2, -0.15) is 0 Å². The van der Waals surface area contributed by atoms with Gasteiger partial charge in [0.15, 0.2) is 5.89 Å². The minimum absolute atomic E-state index is 0.224. The Hall–Kier alpha value is -2.17. The van der Waals surface area contributed by atoms with Crippen LogP contribution in [0.2, 0.25) is 0 Å². The summed E-state index contributed by atoms with van der Waals surface area (Å²) in [6.45, 7) is 2.12. The van der Waals surface area contributed by atoms with E-state index in [9.17, 15) is 4.79 Å². The fourth-order valence-corrected chi connectivity index (χ4v) is 1.24. The number of nitrogens with zero attached hydrogens (tertiary/aromatic N) is 2. The highest BCUT2D eigenvalue weighted by molar-refractivity contribution is 5.91. The topological polar surface area (TPSA) is 68.0 Å². The fraction of sp³-hybridized carbons (Fsp3) is 0.182. The smallest absolute Gasteiger partial charge is 0.288 e. The van der Waals surface area contributed by atoms with Gasteiger partial charge in [0.25, 0.3) is 5.91 Å². The average molecular weight is 217 g/mol. The van der Waals surface area contributed by atoms with Gasteiger partial charge in [0.05, 0.1) is 6.20 Å². The first-order chi connectivity index (χ1) is 7.75. The first-order valence-electron chi connectivity index (χ1n) is 4.85. The van der Waals surface area contributed by atoms with Gasteiger partial charge < -0.3 is 9.73 Å². The molecule has 0 aromatic carbocycles. The van der Waals surface area contributed by atoms with Crippen molar-refractivity contribution in [1.29, 1.82) is 0 Å². The van der Waals surface area contributed by atoms with Gasteiger partial charge in [0.1, 0.15) is 0 Å². The van der Waals surface area contributed by atoms with E-state index in [4.69, 9.17) is 4.42 Å². The van der Waals surface area contributed by atoms with Crippen molar-refractivity contribution in [3.05, 3.63) is 47.9 Å². The van der Waals surface area contributed by atoms with E-state index < -0.39 is 0 Å². The first kappa shape index (κ1) is 10.4. The number of aromatic nitrogens is 2. The number of pyridine rings is 1. The van der Waals surface area contributed by atoms with Crippen LogP contribution >= 0.6 is 0 Å². The summed E-state index contributed by atoms with van der Waals surface area (Å²) in [7, 11) is 0. The van der Waals surface area contributed by atoms with Gasteiger partial charge in [-0.25, -0.2) is 4.98 Å². The SMILES string of the molecule is Cc1ncc(C(=O)NCc2cccnc2)o1. The second-order valence-corrected chi connectivity index (χ2v) is 3.29. The van der Waals surface area contributed by atoms with Crippen molar-refractivity contribution < 1.29 is 9.21 Å². The predicted octanol–water partition coefficient (Wildman–Crippen LogP) is 1.31. The number of hydrogen-bond acceptors (Lipinski definition) is 4. The van der Waals surface area contributed by atoms with Crippen molar-refractivity contribution in [3.63, 3.8) is 0 Å². The molecule has 2 aromatic rings. The van der Waals surface area contributed by atoms with Crippen LogP contribution in [0.4, 0.5) is 0 Å². The summed E-state index contributed by atoms with van der Waals surface area (Å²) < 4.78 is 5.09. The Morgan fingerprint density at radius 3 is 3.00 bits per heavy atom. The summed E-state index contributed by atoms with van der Waals surface area (Å²) in [5.74, 6) is 0.428. The Balaban J connectivity index is 1.94. The fourth-order valence-electron chi connectivity index (χ4n) is 1.24. The van der Waals surface area contributed by atoms with E-state index in [2.05, 4.69) is 15.3 Å². The normalized spacial score (nSPS) is 10.1. The second-order valence-electron chi connectivity index (χ2n) is 3.29. The van der Waals surface area contributed by atoms with E-state index in [1.807, 2.05) is 12.1 Å². The summed E-state index contributed by atoms with van der Waals surface area (Å²) in [4.78, 5) is 19.4. The standard InChI is InChI=1S/C11H11N3O2/c1-8-13-7-10(16-8)11(15)14-6-9-3-2-4-12-5-9/h2-5,7H,6H2,1H3,(H,14,15). The van der Waals surface area contributed by atoms with Crippen LogP contribution in [-0.4, -0.2) is 15.9 Å². The second kappa shape index (κ2) is 4.57. The maximum absolute atomic E-state index is 11.6. The Labute approximate surface area is 92.5 Å². The lowest BCUT2D eigenvalue weighted by Gasteiger charge is -2.01. The van der Waals surface area contributed by atoms with Crippen LogP contribution < -0.4 is 5.32 Å². The van der Waals surface area contributed by atoms with Crippen LogP contribution in [-0.2, 0) is 6.54 Å². The van der Waals surface area contributed by atoms with Crippen molar-refractivity contribution in [3.8, 4) is 0 Å². The van der Waals surface area contributed by atoms with Crippen LogP contribution in [0.25, 0.3) is 0 Å². The number of rotatable bonds is 3. The minimum atomic E-state index is -0.274. The van der Waals surface area contributed by atoms with E-state index in [0.717, 1.165) is 5.56 Å². The highest BCUT2D eigenvalue weighted by Gasteiger charge is 2.09. The third kappa shape index (κ3) is 2.44. The van der Waals surface area contributed by atoms with E-state index in [1.54, 1.807) is 19.3 Å². The van der Waals surface area contributed by atoms with Gasteiger partial charge in [-0.05, 0) is 11.6 Å². The van der Waals surface area contributed by atoms with Crippen molar-refractivity contribution >= 4 is 5.91 Å². The highest BCUT2D eigenvalue weighted by Crippen LogP contribution is 2.02. The molecule has 0 bridgehead atoms. The van der Waals surface area contributed by atoms with Crippen molar-refractivity contribution in [2.24, 2.45) is 0 Å². The molecule has 5 heteroatoms. The molecule has 2 heterocycles. The summed E-state index contributed by atoms with van der Waals surface area (Å²) in [6, 6.07) is 3.71. The molecule has 5 nitrogen and oxygen atoms in total. The number of carbonyl (C=O) groups is 1. The van der Waals surface area contributed by atoms with E-state index in [0.29, 0.717) is 12.4 Å². The molecule has 0 spiro atoms. The van der Waals surface area contributed by atoms with E-state index in [-0.39, 0.29) is 11.7 Å². The van der Waals surface area contributed by atoms with Crippen molar-refractivity contribution in [1.82, 2.24) is 15.3 Å². The molecular weight excluding hydrogens is 206 g/mol. The lowest BCUT2D eigenvalue weighted by Crippen LogP contribution is -2.22. The largest absolute Gasteiger partial charge is 0.436 e. The van der Waals surface area contributed by atoms with Crippen LogP contribution in [0.5, 0.6) is 0 Å². The molecule has 0 atom stereocenters. The zero-order valence-corrected chi connectivity index (χ0v) is 8.80. The zero-order chi connectivity index (χ0) is 11.4. The van der Waals surface area contributed by atoms with Crippen LogP contribution in [0.1, 0.15) is 22.0 Å². The highest BCUT2D eigenvalue weighted by atomic mass is 16.4. The molecule has 2 aromatic heterocycles. The van der Waals surface area contributed by atoms with Crippen LogP contribution in [0, 0.1) is 6.92 Å². The Morgan fingerprint density at radius 2 is 2.38 bits per heavy atom. The maximum atomic E-state index is 11.6. The molecule has 2 rings (SSSR count). The number of aryl methyl sites for hydroxylation is 1. The van der Waals surface area contributed by atoms with Gasteiger partial charge in [0.2, 0.25) is 5.76 Å². The number of nitrogens with one attached hydrogen (secondary N) is 1. The maximum Gasteiger partial charge on any atom is 0.288 e. The van der Waals surface area contributed by atoms with Crippen molar-refractivity contribution in [2.45, 2.75) is 13.5 Å². The molecule has 0 aliphatic rings. The molecule has 1 amide bonds. The lowest BCUT2D eigenvalue weighted by atomic mass is 10.3. The predicted molar refractivity (Wildman–Crippen MR) is 56.6 cm³/mol. The van der Waals surface area contributed by atoms with Gasteiger partial charge in [-0.15, -0.1) is 0 Å². The number of carbonyl (C=O) groups excluding carboxylic acids is 1. The molecule has 0 aliphatic heterocycles. The number of amides is 1. The minimum Gasteiger partial charge on any atom is -0.436 e. The molecule has 0 radical (unpaired) electrons. The Kier molecular flexibility index (Phi) is 2.95. The average Bonchev–Trinajstić information content (AvgIpc) is 2.74. The molecule has 82 valence electrons. The molecule has 0 saturated carbocycles. The third-order valence-corrected chi connectivity index (χ3v) is 2.02. The van der Waals surface area contributed by atoms with E-state index >= 15 is 0 Å². The summed E-state index contributed by atoms with van der Waals surface area (Å²) in [5.41, 5.74) is 0.937. The first-order valence-corrected chi connectivity index (χ1v) is 4.85. The molecule has 16 heavy (non-hydrogen) atoms. The van der Waals surface area contributed by atoms with Gasteiger partial charge in [-0.1, -0.05) is 6.07 Å². The molecule has 0 fully saturated rings. The van der Waals surface area contributed by atoms with Crippen LogP contribution in [0.15, 0.2) is 35.1 Å². The Bertz CT molecular complexity index is 479. The van der Waals surface area contributed by atoms with Crippen molar-refractivity contribution in [2.75, 3.05) is 0 Å². The Morgan fingerprint density at radius 1 is 1.50 bits per heavy atom. The summed E-state index contributed by atoms with van der Waals surface area (Å²) in [5, 5.41) is 2.72. The molecule has 1 N–H and O–H groups in total. The lowest BCUT2D eigenvalue weighted by molar-refractivity contribution is 0.0922. The molecule has 0 unspecified atom stereocenters. The quantitative estimate of drug-likeness (QED) is 0.841. The zero-order valence-electron chi connectivity index (χ0n) is 8.80. The third-order valence-electron chi connectivity index (χ3n) is 2.02. The number of hydrogen-bond donors (Lipinski definition) is 1.